The Kier molecular flexibility index (Phi) is 8.11. The first-order chi connectivity index (χ1) is 16.5. The van der Waals surface area contributed by atoms with Gasteiger partial charge in [-0.05, 0) is 19.1 Å². The molecule has 0 saturated heterocycles. The van der Waals surface area contributed by atoms with Crippen molar-refractivity contribution in [1.29, 1.82) is 0 Å². The van der Waals surface area contributed by atoms with Crippen LogP contribution in [0, 0.1) is 6.92 Å². The van der Waals surface area contributed by atoms with E-state index in [1.807, 2.05) is 0 Å². The van der Waals surface area contributed by atoms with Gasteiger partial charge in [-0.1, -0.05) is 6.07 Å². The van der Waals surface area contributed by atoms with Gasteiger partial charge in [-0.2, -0.15) is 4.98 Å². The number of carbonyl (C=O) groups excluding carboxylic acids is 1. The van der Waals surface area contributed by atoms with E-state index in [0.29, 0.717) is 35.3 Å². The highest BCUT2D eigenvalue weighted by Gasteiger charge is 2.20. The van der Waals surface area contributed by atoms with Gasteiger partial charge >= 0.3 is 5.97 Å². The number of methoxy groups -OCH3 is 1. The summed E-state index contributed by atoms with van der Waals surface area (Å²) in [5.41, 5.74) is 7.59. The molecular formula is C22H26N8O4. The molecule has 12 heteroatoms. The lowest BCUT2D eigenvalue weighted by Gasteiger charge is -2.16. The van der Waals surface area contributed by atoms with Crippen LogP contribution in [-0.2, 0) is 4.74 Å². The van der Waals surface area contributed by atoms with Crippen LogP contribution in [0.4, 0.5) is 17.5 Å². The summed E-state index contributed by atoms with van der Waals surface area (Å²) < 4.78 is 16.3. The molecule has 0 bridgehead atoms. The summed E-state index contributed by atoms with van der Waals surface area (Å²) >= 11 is 0. The predicted molar refractivity (Wildman–Crippen MR) is 127 cm³/mol. The molecule has 178 valence electrons. The maximum absolute atomic E-state index is 12.5. The molecule has 0 amide bonds. The Morgan fingerprint density at radius 1 is 1.32 bits per heavy atom. The maximum atomic E-state index is 12.5. The van der Waals surface area contributed by atoms with Crippen LogP contribution in [0.2, 0.25) is 0 Å². The zero-order chi connectivity index (χ0) is 24.5. The number of carbonyl (C=O) groups is 1. The summed E-state index contributed by atoms with van der Waals surface area (Å²) in [6.45, 7) is 3.95. The number of hydrogen-bond acceptors (Lipinski definition) is 12. The summed E-state index contributed by atoms with van der Waals surface area (Å²) in [6, 6.07) is 5.33. The number of nitrogens with two attached hydrogens (primary N) is 1. The number of ether oxygens (including phenoxy) is 2. The quantitative estimate of drug-likeness (QED) is 0.297. The minimum absolute atomic E-state index is 0.151. The highest BCUT2D eigenvalue weighted by molar-refractivity contribution is 5.96. The normalized spacial score (nSPS) is 11.5. The number of aliphatic imine (C=N–C) groups is 1. The van der Waals surface area contributed by atoms with Crippen molar-refractivity contribution in [3.05, 3.63) is 47.6 Å². The Morgan fingerprint density at radius 2 is 2.15 bits per heavy atom. The van der Waals surface area contributed by atoms with Crippen LogP contribution >= 0.6 is 0 Å². The van der Waals surface area contributed by atoms with Crippen molar-refractivity contribution in [2.45, 2.75) is 13.8 Å². The molecule has 3 aromatic rings. The van der Waals surface area contributed by atoms with Crippen LogP contribution in [0.15, 0.2) is 45.6 Å². The number of anilines is 3. The van der Waals surface area contributed by atoms with Crippen molar-refractivity contribution >= 4 is 29.6 Å². The monoisotopic (exact) mass is 466 g/mol. The SMILES string of the molecule is CCOC(=O)c1cnc(NCC(C=NC)=CN)nc1Nc1cccc(-c2nnc(C)o2)c1OC. The third-order valence-electron chi connectivity index (χ3n) is 4.47. The van der Waals surface area contributed by atoms with Crippen molar-refractivity contribution < 1.29 is 18.7 Å². The van der Waals surface area contributed by atoms with Gasteiger partial charge in [0.05, 0.1) is 25.0 Å². The van der Waals surface area contributed by atoms with Gasteiger partial charge in [0, 0.05) is 44.7 Å². The zero-order valence-electron chi connectivity index (χ0n) is 19.3. The minimum atomic E-state index is -0.570. The molecule has 0 spiro atoms. The van der Waals surface area contributed by atoms with Gasteiger partial charge in [-0.3, -0.25) is 4.99 Å². The Morgan fingerprint density at radius 3 is 2.79 bits per heavy atom. The lowest BCUT2D eigenvalue weighted by molar-refractivity contribution is 0.0526. The van der Waals surface area contributed by atoms with E-state index in [2.05, 4.69) is 35.8 Å². The second-order valence-electron chi connectivity index (χ2n) is 6.80. The molecule has 0 atom stereocenters. The largest absolute Gasteiger partial charge is 0.494 e. The number of esters is 1. The van der Waals surface area contributed by atoms with Gasteiger partial charge in [0.1, 0.15) is 5.56 Å². The average molecular weight is 467 g/mol. The van der Waals surface area contributed by atoms with E-state index in [1.54, 1.807) is 45.3 Å². The number of nitrogens with zero attached hydrogens (tertiary/aromatic N) is 5. The second-order valence-corrected chi connectivity index (χ2v) is 6.80. The van der Waals surface area contributed by atoms with Gasteiger partial charge in [0.2, 0.25) is 11.8 Å². The number of para-hydroxylation sites is 1. The van der Waals surface area contributed by atoms with Gasteiger partial charge in [-0.25, -0.2) is 9.78 Å². The van der Waals surface area contributed by atoms with Crippen LogP contribution < -0.4 is 21.1 Å². The standard InChI is InChI=1S/C22H26N8O4/c1-5-33-21(31)16-12-26-22(25-11-14(9-23)10-24-3)28-19(16)27-17-8-6-7-15(18(17)32-4)20-30-29-13(2)34-20/h6-10,12H,5,11,23H2,1-4H3,(H2,25,26,27,28). The average Bonchev–Trinajstić information content (AvgIpc) is 3.28. The van der Waals surface area contributed by atoms with Crippen LogP contribution in [0.5, 0.6) is 5.75 Å². The van der Waals surface area contributed by atoms with Crippen molar-refractivity contribution in [2.75, 3.05) is 37.9 Å². The topological polar surface area (TPSA) is 163 Å². The first-order valence-electron chi connectivity index (χ1n) is 10.4. The molecule has 0 fully saturated rings. The molecule has 2 heterocycles. The van der Waals surface area contributed by atoms with Crippen LogP contribution in [0.3, 0.4) is 0 Å². The van der Waals surface area contributed by atoms with Crippen LogP contribution in [-0.4, -0.2) is 59.7 Å². The number of aromatic nitrogens is 4. The van der Waals surface area contributed by atoms with E-state index in [1.165, 1.54) is 19.5 Å². The molecule has 12 nitrogen and oxygen atoms in total. The smallest absolute Gasteiger partial charge is 0.343 e. The fourth-order valence-electron chi connectivity index (χ4n) is 2.97. The first-order valence-corrected chi connectivity index (χ1v) is 10.4. The highest BCUT2D eigenvalue weighted by atomic mass is 16.5. The number of nitrogens with one attached hydrogen (secondary N) is 2. The molecule has 34 heavy (non-hydrogen) atoms. The van der Waals surface area contributed by atoms with E-state index in [4.69, 9.17) is 19.6 Å². The molecule has 3 rings (SSSR count). The summed E-state index contributed by atoms with van der Waals surface area (Å²) in [6.07, 6.45) is 4.43. The molecule has 0 unspecified atom stereocenters. The van der Waals surface area contributed by atoms with E-state index in [0.717, 1.165) is 5.57 Å². The van der Waals surface area contributed by atoms with E-state index < -0.39 is 5.97 Å². The fourth-order valence-corrected chi connectivity index (χ4v) is 2.97. The second kappa shape index (κ2) is 11.4. The van der Waals surface area contributed by atoms with E-state index >= 15 is 0 Å². The minimum Gasteiger partial charge on any atom is -0.494 e. The lowest BCUT2D eigenvalue weighted by Crippen LogP contribution is -2.14. The predicted octanol–water partition coefficient (Wildman–Crippen LogP) is 2.72. The zero-order valence-corrected chi connectivity index (χ0v) is 19.3. The van der Waals surface area contributed by atoms with Gasteiger partial charge < -0.3 is 30.3 Å². The maximum Gasteiger partial charge on any atom is 0.343 e. The molecule has 0 aliphatic rings. The fraction of sp³-hybridized carbons (Fsp3) is 0.273. The summed E-state index contributed by atoms with van der Waals surface area (Å²) in [4.78, 5) is 25.2. The molecular weight excluding hydrogens is 440 g/mol. The van der Waals surface area contributed by atoms with Crippen molar-refractivity contribution in [3.8, 4) is 17.2 Å². The van der Waals surface area contributed by atoms with E-state index in [-0.39, 0.29) is 23.9 Å². The van der Waals surface area contributed by atoms with Crippen LogP contribution in [0.1, 0.15) is 23.2 Å². The Bertz CT molecular complexity index is 1210. The number of aryl methyl sites for hydroxylation is 1. The van der Waals surface area contributed by atoms with Crippen molar-refractivity contribution in [1.82, 2.24) is 20.2 Å². The summed E-state index contributed by atoms with van der Waals surface area (Å²) in [7, 11) is 3.16. The molecule has 2 aromatic heterocycles. The summed E-state index contributed by atoms with van der Waals surface area (Å²) in [5, 5.41) is 14.1. The number of benzene rings is 1. The molecule has 1 aromatic carbocycles. The lowest BCUT2D eigenvalue weighted by atomic mass is 10.1. The Hall–Kier alpha value is -4.48. The third-order valence-corrected chi connectivity index (χ3v) is 4.47. The van der Waals surface area contributed by atoms with E-state index in [9.17, 15) is 4.79 Å². The van der Waals surface area contributed by atoms with Gasteiger partial charge in [0.25, 0.3) is 5.89 Å². The third kappa shape index (κ3) is 5.65. The van der Waals surface area contributed by atoms with Crippen molar-refractivity contribution in [3.63, 3.8) is 0 Å². The van der Waals surface area contributed by atoms with Gasteiger partial charge in [0.15, 0.2) is 11.6 Å². The molecule has 0 radical (unpaired) electrons. The molecule has 0 saturated carbocycles. The summed E-state index contributed by atoms with van der Waals surface area (Å²) in [5.74, 6) is 1.07. The Labute approximate surface area is 196 Å². The number of hydrogen-bond donors (Lipinski definition) is 3. The molecule has 0 aliphatic carbocycles. The highest BCUT2D eigenvalue weighted by Crippen LogP contribution is 2.37. The first kappa shape index (κ1) is 24.2. The Balaban J connectivity index is 1.99. The molecule has 4 N–H and O–H groups in total. The number of rotatable bonds is 10. The van der Waals surface area contributed by atoms with Crippen molar-refractivity contribution in [2.24, 2.45) is 10.7 Å². The van der Waals surface area contributed by atoms with Gasteiger partial charge in [-0.15, -0.1) is 10.2 Å². The van der Waals surface area contributed by atoms with Crippen LogP contribution in [0.25, 0.3) is 11.5 Å². The molecule has 0 aliphatic heterocycles.